The SMILES string of the molecule is CC(O)CO.Clc1cc2ccc1o2. The van der Waals surface area contributed by atoms with Crippen molar-refractivity contribution in [1.82, 2.24) is 0 Å². The molecule has 1 unspecified atom stereocenters. The first kappa shape index (κ1) is 10.3. The molecule has 0 aliphatic rings. The minimum atomic E-state index is -0.560. The fourth-order valence-electron chi connectivity index (χ4n) is 0.755. The zero-order valence-electron chi connectivity index (χ0n) is 7.20. The van der Waals surface area contributed by atoms with Crippen molar-refractivity contribution in [2.45, 2.75) is 13.0 Å². The summed E-state index contributed by atoms with van der Waals surface area (Å²) in [6.07, 6.45) is -0.560. The van der Waals surface area contributed by atoms with Gasteiger partial charge in [-0.1, -0.05) is 11.6 Å². The van der Waals surface area contributed by atoms with Gasteiger partial charge in [-0.05, 0) is 19.1 Å². The molecule has 1 atom stereocenters. The van der Waals surface area contributed by atoms with E-state index in [1.165, 1.54) is 6.92 Å². The summed E-state index contributed by atoms with van der Waals surface area (Å²) in [6.45, 7) is 1.39. The lowest BCUT2D eigenvalue weighted by Crippen LogP contribution is -2.03. The predicted octanol–water partition coefficient (Wildman–Crippen LogP) is 1.88. The second-order valence-electron chi connectivity index (χ2n) is 2.73. The molecule has 0 spiro atoms. The Kier molecular flexibility index (Phi) is 3.54. The lowest BCUT2D eigenvalue weighted by molar-refractivity contribution is 0.110. The Balaban J connectivity index is 0.000000149. The third kappa shape index (κ3) is 2.88. The molecule has 3 nitrogen and oxygen atoms in total. The summed E-state index contributed by atoms with van der Waals surface area (Å²) in [5.41, 5.74) is 1.63. The van der Waals surface area contributed by atoms with E-state index in [1.54, 1.807) is 6.07 Å². The van der Waals surface area contributed by atoms with Crippen molar-refractivity contribution in [3.8, 4) is 0 Å². The molecule has 2 rings (SSSR count). The van der Waals surface area contributed by atoms with Gasteiger partial charge in [0, 0.05) is 6.07 Å². The molecule has 0 aromatic carbocycles. The molecule has 0 aliphatic heterocycles. The molecule has 0 radical (unpaired) electrons. The molecular weight excluding hydrogens is 192 g/mol. The molecule has 2 aromatic heterocycles. The van der Waals surface area contributed by atoms with Crippen LogP contribution in [0.4, 0.5) is 0 Å². The molecule has 2 aromatic rings. The number of hydrogen-bond donors (Lipinski definition) is 2. The van der Waals surface area contributed by atoms with Gasteiger partial charge < -0.3 is 14.6 Å². The third-order valence-corrected chi connectivity index (χ3v) is 1.69. The van der Waals surface area contributed by atoms with Crippen molar-refractivity contribution in [1.29, 1.82) is 0 Å². The summed E-state index contributed by atoms with van der Waals surface area (Å²) in [6, 6.07) is 5.55. The predicted molar refractivity (Wildman–Crippen MR) is 51.2 cm³/mol. The van der Waals surface area contributed by atoms with Crippen molar-refractivity contribution in [3.05, 3.63) is 23.2 Å². The summed E-state index contributed by atoms with van der Waals surface area (Å²) in [4.78, 5) is 0. The van der Waals surface area contributed by atoms with Crippen LogP contribution in [0.15, 0.2) is 22.6 Å². The maximum absolute atomic E-state index is 8.11. The molecule has 0 amide bonds. The van der Waals surface area contributed by atoms with E-state index >= 15 is 0 Å². The Morgan fingerprint density at radius 1 is 1.54 bits per heavy atom. The average Bonchev–Trinajstić information content (AvgIpc) is 2.65. The summed E-state index contributed by atoms with van der Waals surface area (Å²) in [7, 11) is 0. The van der Waals surface area contributed by atoms with Crippen molar-refractivity contribution >= 4 is 22.8 Å². The number of benzene rings is 1. The Bertz CT molecular complexity index is 342. The second kappa shape index (κ2) is 4.46. The van der Waals surface area contributed by atoms with E-state index in [0.29, 0.717) is 5.02 Å². The van der Waals surface area contributed by atoms with E-state index in [4.69, 9.17) is 26.2 Å². The monoisotopic (exact) mass is 202 g/mol. The maximum Gasteiger partial charge on any atom is 0.146 e. The normalized spacial score (nSPS) is 12.6. The number of aliphatic hydroxyl groups is 2. The van der Waals surface area contributed by atoms with Crippen molar-refractivity contribution < 1.29 is 14.6 Å². The Morgan fingerprint density at radius 2 is 2.15 bits per heavy atom. The molecule has 0 fully saturated rings. The van der Waals surface area contributed by atoms with Crippen LogP contribution >= 0.6 is 11.6 Å². The molecule has 2 heterocycles. The van der Waals surface area contributed by atoms with Crippen molar-refractivity contribution in [2.24, 2.45) is 0 Å². The zero-order valence-corrected chi connectivity index (χ0v) is 7.95. The lowest BCUT2D eigenvalue weighted by atomic mass is 10.4. The summed E-state index contributed by atoms with van der Waals surface area (Å²) >= 11 is 5.64. The number of halogens is 1. The number of rotatable bonds is 1. The average molecular weight is 203 g/mol. The first-order valence-corrected chi connectivity index (χ1v) is 4.27. The highest BCUT2D eigenvalue weighted by Crippen LogP contribution is 2.25. The highest BCUT2D eigenvalue weighted by atomic mass is 35.5. The van der Waals surface area contributed by atoms with Crippen LogP contribution in [0.2, 0.25) is 5.02 Å². The Hall–Kier alpha value is -0.770. The quantitative estimate of drug-likeness (QED) is 0.743. The van der Waals surface area contributed by atoms with E-state index < -0.39 is 6.10 Å². The standard InChI is InChI=1S/C6H3ClO.C3H8O2/c7-5-3-4-1-2-6(5)8-4;1-3(5)2-4/h1-3H;3-5H,2H2,1H3. The van der Waals surface area contributed by atoms with Gasteiger partial charge in [-0.25, -0.2) is 0 Å². The van der Waals surface area contributed by atoms with Crippen LogP contribution in [0.1, 0.15) is 6.92 Å². The largest absolute Gasteiger partial charge is 0.456 e. The maximum atomic E-state index is 8.11. The summed E-state index contributed by atoms with van der Waals surface area (Å²) in [5, 5.41) is 16.7. The van der Waals surface area contributed by atoms with Crippen LogP contribution in [0.25, 0.3) is 11.2 Å². The molecule has 0 saturated carbocycles. The molecule has 0 saturated heterocycles. The molecule has 4 heteroatoms. The van der Waals surface area contributed by atoms with Crippen molar-refractivity contribution in [2.75, 3.05) is 6.61 Å². The van der Waals surface area contributed by atoms with Gasteiger partial charge >= 0.3 is 0 Å². The van der Waals surface area contributed by atoms with Gasteiger partial charge in [-0.15, -0.1) is 0 Å². The number of aliphatic hydroxyl groups excluding tert-OH is 2. The molecule has 13 heavy (non-hydrogen) atoms. The minimum Gasteiger partial charge on any atom is -0.456 e. The topological polar surface area (TPSA) is 53.6 Å². The molecule has 2 N–H and O–H groups in total. The van der Waals surface area contributed by atoms with Gasteiger partial charge in [0.1, 0.15) is 11.2 Å². The van der Waals surface area contributed by atoms with Gasteiger partial charge in [0.2, 0.25) is 0 Å². The van der Waals surface area contributed by atoms with E-state index in [2.05, 4.69) is 0 Å². The van der Waals surface area contributed by atoms with Crippen LogP contribution in [0.5, 0.6) is 0 Å². The summed E-state index contributed by atoms with van der Waals surface area (Å²) in [5.74, 6) is 0. The minimum absolute atomic E-state index is 0.139. The fraction of sp³-hybridized carbons (Fsp3) is 0.333. The lowest BCUT2D eigenvalue weighted by Gasteiger charge is -1.90. The molecule has 0 aliphatic carbocycles. The van der Waals surface area contributed by atoms with Gasteiger partial charge in [-0.3, -0.25) is 0 Å². The first-order chi connectivity index (χ1) is 6.13. The number of fused-ring (bicyclic) bond motifs is 2. The molecule has 2 bridgehead atoms. The zero-order chi connectivity index (χ0) is 9.84. The number of furan rings is 2. The third-order valence-electron chi connectivity index (χ3n) is 1.40. The van der Waals surface area contributed by atoms with Gasteiger partial charge in [0.15, 0.2) is 0 Å². The van der Waals surface area contributed by atoms with Gasteiger partial charge in [0.25, 0.3) is 0 Å². The van der Waals surface area contributed by atoms with E-state index in [0.717, 1.165) is 11.2 Å². The highest BCUT2D eigenvalue weighted by Gasteiger charge is 2.01. The molecular formula is C9H11ClO3. The van der Waals surface area contributed by atoms with Crippen LogP contribution in [-0.4, -0.2) is 22.9 Å². The van der Waals surface area contributed by atoms with E-state index in [9.17, 15) is 0 Å². The molecule has 72 valence electrons. The smallest absolute Gasteiger partial charge is 0.146 e. The van der Waals surface area contributed by atoms with Gasteiger partial charge in [-0.2, -0.15) is 0 Å². The van der Waals surface area contributed by atoms with Gasteiger partial charge in [0.05, 0.1) is 17.7 Å². The van der Waals surface area contributed by atoms with Crippen LogP contribution < -0.4 is 0 Å². The fourth-order valence-corrected chi connectivity index (χ4v) is 0.964. The first-order valence-electron chi connectivity index (χ1n) is 3.90. The van der Waals surface area contributed by atoms with Crippen LogP contribution in [0.3, 0.4) is 0 Å². The Morgan fingerprint density at radius 3 is 2.31 bits per heavy atom. The van der Waals surface area contributed by atoms with Crippen LogP contribution in [0, 0.1) is 0 Å². The second-order valence-corrected chi connectivity index (χ2v) is 3.13. The number of hydrogen-bond acceptors (Lipinski definition) is 3. The van der Waals surface area contributed by atoms with E-state index in [1.807, 2.05) is 12.1 Å². The van der Waals surface area contributed by atoms with E-state index in [-0.39, 0.29) is 6.61 Å². The highest BCUT2D eigenvalue weighted by molar-refractivity contribution is 6.34. The van der Waals surface area contributed by atoms with Crippen LogP contribution in [-0.2, 0) is 0 Å². The van der Waals surface area contributed by atoms with Crippen molar-refractivity contribution in [3.63, 3.8) is 0 Å². The summed E-state index contributed by atoms with van der Waals surface area (Å²) < 4.78 is 5.08. The Labute approximate surface area is 80.9 Å².